The average Bonchev–Trinajstić information content (AvgIpc) is 3.10. The van der Waals surface area contributed by atoms with Gasteiger partial charge in [-0.05, 0) is 43.3 Å². The Labute approximate surface area is 181 Å². The maximum Gasteiger partial charge on any atom is 0.282 e. The lowest BCUT2D eigenvalue weighted by molar-refractivity contribution is -0.467. The lowest BCUT2D eigenvalue weighted by Gasteiger charge is -2.50. The standard InChI is InChI=1S/C25H40O5/c1-3-4-7-10-21(26)14-12-20-13-15-23(27)22(20)11-8-5-6-9-16-25-28-17-24(2,18-29-25)19-30-25/h12,14,21,26H,3-11,13,15-19H2,1-2H3/b14-12+. The molecule has 2 bridgehead atoms. The van der Waals surface area contributed by atoms with Gasteiger partial charge >= 0.3 is 0 Å². The zero-order chi connectivity index (χ0) is 21.5. The normalized spacial score (nSPS) is 30.0. The van der Waals surface area contributed by atoms with Crippen LogP contribution in [0.1, 0.15) is 90.9 Å². The number of carbonyl (C=O) groups is 1. The highest BCUT2D eigenvalue weighted by molar-refractivity contribution is 5.99. The van der Waals surface area contributed by atoms with Crippen LogP contribution in [0.4, 0.5) is 0 Å². The molecule has 30 heavy (non-hydrogen) atoms. The molecule has 1 atom stereocenters. The smallest absolute Gasteiger partial charge is 0.282 e. The molecule has 3 fully saturated rings. The summed E-state index contributed by atoms with van der Waals surface area (Å²) in [5.74, 6) is -0.519. The molecule has 1 unspecified atom stereocenters. The Morgan fingerprint density at radius 2 is 1.70 bits per heavy atom. The molecule has 3 heterocycles. The van der Waals surface area contributed by atoms with Crippen molar-refractivity contribution in [1.29, 1.82) is 0 Å². The quantitative estimate of drug-likeness (QED) is 0.414. The van der Waals surface area contributed by atoms with Gasteiger partial charge in [-0.2, -0.15) is 0 Å². The van der Waals surface area contributed by atoms with E-state index in [0.717, 1.165) is 81.8 Å². The Morgan fingerprint density at radius 1 is 1.00 bits per heavy atom. The van der Waals surface area contributed by atoms with Gasteiger partial charge in [-0.3, -0.25) is 4.79 Å². The number of carbonyl (C=O) groups excluding carboxylic acids is 1. The predicted octanol–water partition coefficient (Wildman–Crippen LogP) is 5.22. The highest BCUT2D eigenvalue weighted by Crippen LogP contribution is 2.40. The Kier molecular flexibility index (Phi) is 8.70. The number of hydrogen-bond donors (Lipinski definition) is 1. The number of aliphatic hydroxyl groups excluding tert-OH is 1. The third-order valence-corrected chi connectivity index (χ3v) is 6.55. The van der Waals surface area contributed by atoms with Crippen LogP contribution in [0.3, 0.4) is 0 Å². The van der Waals surface area contributed by atoms with Gasteiger partial charge in [0.25, 0.3) is 5.97 Å². The highest BCUT2D eigenvalue weighted by Gasteiger charge is 2.49. The van der Waals surface area contributed by atoms with E-state index in [1.54, 1.807) is 0 Å². The minimum Gasteiger partial charge on any atom is -0.389 e. The molecular formula is C25H40O5. The number of fused-ring (bicyclic) bond motifs is 3. The Balaban J connectivity index is 1.35. The van der Waals surface area contributed by atoms with E-state index in [4.69, 9.17) is 14.2 Å². The van der Waals surface area contributed by atoms with Crippen LogP contribution in [0, 0.1) is 5.41 Å². The molecule has 1 aliphatic carbocycles. The SMILES string of the molecule is CCCCCC(O)/C=C/C1=C(CCCCCCC23OCC(C)(CO2)CO3)C(=O)CC1. The van der Waals surface area contributed by atoms with Crippen molar-refractivity contribution in [1.82, 2.24) is 0 Å². The summed E-state index contributed by atoms with van der Waals surface area (Å²) in [7, 11) is 0. The van der Waals surface area contributed by atoms with Crippen molar-refractivity contribution in [3.05, 3.63) is 23.3 Å². The zero-order valence-corrected chi connectivity index (χ0v) is 18.9. The first-order valence-electron chi connectivity index (χ1n) is 12.0. The van der Waals surface area contributed by atoms with Crippen molar-refractivity contribution < 1.29 is 24.1 Å². The molecule has 1 N–H and O–H groups in total. The summed E-state index contributed by atoms with van der Waals surface area (Å²) >= 11 is 0. The first-order valence-corrected chi connectivity index (χ1v) is 12.0. The maximum absolute atomic E-state index is 12.3. The van der Waals surface area contributed by atoms with Crippen molar-refractivity contribution in [2.45, 2.75) is 103 Å². The van der Waals surface area contributed by atoms with Crippen LogP contribution in [0.2, 0.25) is 0 Å². The van der Waals surface area contributed by atoms with E-state index in [2.05, 4.69) is 13.8 Å². The van der Waals surface area contributed by atoms with Crippen molar-refractivity contribution in [3.8, 4) is 0 Å². The molecule has 0 amide bonds. The van der Waals surface area contributed by atoms with Crippen LogP contribution in [0.15, 0.2) is 23.3 Å². The first kappa shape index (κ1) is 23.6. The molecule has 4 rings (SSSR count). The molecule has 0 spiro atoms. The highest BCUT2D eigenvalue weighted by atomic mass is 16.9. The molecule has 0 aromatic heterocycles. The van der Waals surface area contributed by atoms with Crippen LogP contribution in [0.25, 0.3) is 0 Å². The summed E-state index contributed by atoms with van der Waals surface area (Å²) in [4.78, 5) is 12.3. The summed E-state index contributed by atoms with van der Waals surface area (Å²) in [5, 5.41) is 10.1. The third-order valence-electron chi connectivity index (χ3n) is 6.55. The lowest BCUT2D eigenvalue weighted by atomic mass is 9.91. The van der Waals surface area contributed by atoms with Gasteiger partial charge in [-0.1, -0.05) is 58.1 Å². The van der Waals surface area contributed by atoms with Crippen molar-refractivity contribution in [2.24, 2.45) is 5.41 Å². The number of rotatable bonds is 13. The van der Waals surface area contributed by atoms with Crippen LogP contribution in [-0.2, 0) is 19.0 Å². The Morgan fingerprint density at radius 3 is 2.40 bits per heavy atom. The fourth-order valence-electron chi connectivity index (χ4n) is 4.46. The predicted molar refractivity (Wildman–Crippen MR) is 117 cm³/mol. The van der Waals surface area contributed by atoms with E-state index in [0.29, 0.717) is 26.2 Å². The number of allylic oxidation sites excluding steroid dienone is 3. The number of unbranched alkanes of at least 4 members (excludes halogenated alkanes) is 5. The molecule has 0 aromatic rings. The molecule has 170 valence electrons. The van der Waals surface area contributed by atoms with E-state index in [9.17, 15) is 9.90 Å². The van der Waals surface area contributed by atoms with Gasteiger partial charge in [0.05, 0.1) is 25.9 Å². The van der Waals surface area contributed by atoms with Crippen LogP contribution < -0.4 is 0 Å². The third kappa shape index (κ3) is 6.49. The van der Waals surface area contributed by atoms with E-state index in [1.807, 2.05) is 12.2 Å². The van der Waals surface area contributed by atoms with E-state index < -0.39 is 12.1 Å². The van der Waals surface area contributed by atoms with Crippen LogP contribution in [-0.4, -0.2) is 42.8 Å². The fraction of sp³-hybridized carbons (Fsp3) is 0.800. The van der Waals surface area contributed by atoms with Gasteiger partial charge in [-0.25, -0.2) is 0 Å². The van der Waals surface area contributed by atoms with Crippen molar-refractivity contribution in [2.75, 3.05) is 19.8 Å². The largest absolute Gasteiger partial charge is 0.389 e. The van der Waals surface area contributed by atoms with Crippen LogP contribution in [0.5, 0.6) is 0 Å². The summed E-state index contributed by atoms with van der Waals surface area (Å²) < 4.78 is 17.5. The average molecular weight is 421 g/mol. The van der Waals surface area contributed by atoms with Gasteiger partial charge in [0.15, 0.2) is 5.78 Å². The molecular weight excluding hydrogens is 380 g/mol. The second kappa shape index (κ2) is 11.0. The minimum absolute atomic E-state index is 0.0149. The van der Waals surface area contributed by atoms with Gasteiger partial charge in [0.2, 0.25) is 0 Å². The summed E-state index contributed by atoms with van der Waals surface area (Å²) in [6, 6.07) is 0. The molecule has 4 aliphatic rings. The van der Waals surface area contributed by atoms with Crippen LogP contribution >= 0.6 is 0 Å². The fourth-order valence-corrected chi connectivity index (χ4v) is 4.46. The second-order valence-corrected chi connectivity index (χ2v) is 9.62. The summed E-state index contributed by atoms with van der Waals surface area (Å²) in [5.41, 5.74) is 2.14. The Hall–Kier alpha value is -1.01. The molecule has 3 aliphatic heterocycles. The minimum atomic E-state index is -0.808. The summed E-state index contributed by atoms with van der Waals surface area (Å²) in [6.07, 6.45) is 14.9. The van der Waals surface area contributed by atoms with E-state index in [-0.39, 0.29) is 11.2 Å². The van der Waals surface area contributed by atoms with Crippen molar-refractivity contribution in [3.63, 3.8) is 0 Å². The number of Topliss-reactive ketones (excluding diaryl/α,β-unsaturated/α-hetero) is 1. The van der Waals surface area contributed by atoms with Gasteiger partial charge in [0, 0.05) is 18.3 Å². The van der Waals surface area contributed by atoms with Crippen molar-refractivity contribution >= 4 is 5.78 Å². The lowest BCUT2D eigenvalue weighted by Crippen LogP contribution is -2.58. The van der Waals surface area contributed by atoms with Gasteiger partial charge < -0.3 is 19.3 Å². The number of aliphatic hydroxyl groups is 1. The first-order chi connectivity index (χ1) is 14.5. The van der Waals surface area contributed by atoms with Gasteiger partial charge in [-0.15, -0.1) is 0 Å². The second-order valence-electron chi connectivity index (χ2n) is 9.62. The molecule has 0 aromatic carbocycles. The zero-order valence-electron chi connectivity index (χ0n) is 18.9. The molecule has 0 saturated carbocycles. The maximum atomic E-state index is 12.3. The number of ketones is 1. The number of ether oxygens (including phenoxy) is 3. The van der Waals surface area contributed by atoms with E-state index in [1.165, 1.54) is 0 Å². The molecule has 5 nitrogen and oxygen atoms in total. The summed E-state index contributed by atoms with van der Waals surface area (Å²) in [6.45, 7) is 6.44. The molecule has 5 heteroatoms. The molecule has 0 radical (unpaired) electrons. The molecule has 3 saturated heterocycles. The van der Waals surface area contributed by atoms with E-state index >= 15 is 0 Å². The topological polar surface area (TPSA) is 65.0 Å². The van der Waals surface area contributed by atoms with Gasteiger partial charge in [0.1, 0.15) is 0 Å². The number of hydrogen-bond acceptors (Lipinski definition) is 5. The monoisotopic (exact) mass is 420 g/mol. The Bertz CT molecular complexity index is 611.